The molecule has 2 rings (SSSR count). The first-order valence-electron chi connectivity index (χ1n) is 6.01. The zero-order chi connectivity index (χ0) is 12.1. The van der Waals surface area contributed by atoms with E-state index in [1.165, 1.54) is 11.1 Å². The molecule has 0 unspecified atom stereocenters. The van der Waals surface area contributed by atoms with Crippen LogP contribution in [0.15, 0.2) is 12.1 Å². The molecule has 94 valence electrons. The van der Waals surface area contributed by atoms with E-state index in [9.17, 15) is 0 Å². The lowest BCUT2D eigenvalue weighted by molar-refractivity contribution is 0.146. The number of rotatable bonds is 5. The highest BCUT2D eigenvalue weighted by molar-refractivity contribution is 5.59. The molecule has 0 aliphatic carbocycles. The number of ether oxygens (including phenoxy) is 2. The molecule has 0 bridgehead atoms. The maximum atomic E-state index is 5.67. The Morgan fingerprint density at radius 2 is 2.24 bits per heavy atom. The van der Waals surface area contributed by atoms with E-state index in [4.69, 9.17) is 9.47 Å². The fourth-order valence-electron chi connectivity index (χ4n) is 2.12. The molecule has 17 heavy (non-hydrogen) atoms. The number of hydrogen-bond donors (Lipinski definition) is 2. The molecule has 0 saturated carbocycles. The maximum absolute atomic E-state index is 5.67. The van der Waals surface area contributed by atoms with Crippen molar-refractivity contribution in [3.63, 3.8) is 0 Å². The van der Waals surface area contributed by atoms with Gasteiger partial charge in [0.05, 0.1) is 6.61 Å². The van der Waals surface area contributed by atoms with Gasteiger partial charge in [0.1, 0.15) is 12.4 Å². The molecule has 0 radical (unpaired) electrons. The van der Waals surface area contributed by atoms with Crippen LogP contribution < -0.4 is 15.4 Å². The topological polar surface area (TPSA) is 42.5 Å². The molecular weight excluding hydrogens is 216 g/mol. The molecule has 0 saturated heterocycles. The van der Waals surface area contributed by atoms with Gasteiger partial charge in [0, 0.05) is 32.5 Å². The second-order valence-electron chi connectivity index (χ2n) is 4.13. The average Bonchev–Trinajstić information content (AvgIpc) is 2.38. The molecule has 0 amide bonds. The molecule has 0 spiro atoms. The van der Waals surface area contributed by atoms with E-state index in [1.54, 1.807) is 7.11 Å². The number of anilines is 1. The van der Waals surface area contributed by atoms with Crippen LogP contribution in [0.25, 0.3) is 0 Å². The Labute approximate surface area is 102 Å². The predicted octanol–water partition coefficient (Wildman–Crippen LogP) is 1.40. The Bertz CT molecular complexity index is 363. The third kappa shape index (κ3) is 2.90. The summed E-state index contributed by atoms with van der Waals surface area (Å²) in [6.07, 6.45) is 1.06. The fourth-order valence-corrected chi connectivity index (χ4v) is 2.12. The largest absolute Gasteiger partial charge is 0.491 e. The standard InChI is InChI=1S/C13H20N2O2/c1-14-13-8-11(17-6-5-16-2)7-10-3-4-15-9-12(10)13/h7-8,14-15H,3-6,9H2,1-2H3. The molecule has 0 aromatic heterocycles. The summed E-state index contributed by atoms with van der Waals surface area (Å²) in [6.45, 7) is 3.19. The van der Waals surface area contributed by atoms with Gasteiger partial charge in [-0.15, -0.1) is 0 Å². The summed E-state index contributed by atoms with van der Waals surface area (Å²) in [5.41, 5.74) is 3.89. The van der Waals surface area contributed by atoms with Gasteiger partial charge in [-0.2, -0.15) is 0 Å². The van der Waals surface area contributed by atoms with Crippen molar-refractivity contribution in [2.24, 2.45) is 0 Å². The maximum Gasteiger partial charge on any atom is 0.121 e. The molecule has 1 aliphatic heterocycles. The number of methoxy groups -OCH3 is 1. The van der Waals surface area contributed by atoms with Crippen LogP contribution in [0.2, 0.25) is 0 Å². The minimum Gasteiger partial charge on any atom is -0.491 e. The van der Waals surface area contributed by atoms with E-state index in [-0.39, 0.29) is 0 Å². The highest BCUT2D eigenvalue weighted by Gasteiger charge is 2.14. The Hall–Kier alpha value is -1.26. The molecule has 0 atom stereocenters. The number of nitrogens with one attached hydrogen (secondary N) is 2. The molecular formula is C13H20N2O2. The predicted molar refractivity (Wildman–Crippen MR) is 68.8 cm³/mol. The summed E-state index contributed by atoms with van der Waals surface area (Å²) in [4.78, 5) is 0. The average molecular weight is 236 g/mol. The van der Waals surface area contributed by atoms with Gasteiger partial charge in [0.15, 0.2) is 0 Å². The van der Waals surface area contributed by atoms with Gasteiger partial charge >= 0.3 is 0 Å². The summed E-state index contributed by atoms with van der Waals surface area (Å²) in [5, 5.41) is 6.62. The van der Waals surface area contributed by atoms with Crippen LogP contribution in [0.3, 0.4) is 0 Å². The van der Waals surface area contributed by atoms with E-state index in [1.807, 2.05) is 7.05 Å². The third-order valence-corrected chi connectivity index (χ3v) is 3.01. The number of fused-ring (bicyclic) bond motifs is 1. The smallest absolute Gasteiger partial charge is 0.121 e. The lowest BCUT2D eigenvalue weighted by atomic mass is 9.99. The second-order valence-corrected chi connectivity index (χ2v) is 4.13. The molecule has 0 fully saturated rings. The zero-order valence-electron chi connectivity index (χ0n) is 10.5. The Morgan fingerprint density at radius 3 is 3.00 bits per heavy atom. The summed E-state index contributed by atoms with van der Waals surface area (Å²) in [7, 11) is 3.63. The minimum absolute atomic E-state index is 0.594. The van der Waals surface area contributed by atoms with Crippen LogP contribution in [0.5, 0.6) is 5.75 Å². The fraction of sp³-hybridized carbons (Fsp3) is 0.538. The van der Waals surface area contributed by atoms with Gasteiger partial charge < -0.3 is 20.1 Å². The highest BCUT2D eigenvalue weighted by Crippen LogP contribution is 2.28. The van der Waals surface area contributed by atoms with Crippen molar-refractivity contribution in [1.29, 1.82) is 0 Å². The second kappa shape index (κ2) is 5.89. The van der Waals surface area contributed by atoms with Crippen molar-refractivity contribution >= 4 is 5.69 Å². The van der Waals surface area contributed by atoms with Crippen LogP contribution in [0.4, 0.5) is 5.69 Å². The van der Waals surface area contributed by atoms with E-state index >= 15 is 0 Å². The lowest BCUT2D eigenvalue weighted by Crippen LogP contribution is -2.24. The number of benzene rings is 1. The summed E-state index contributed by atoms with van der Waals surface area (Å²) in [6, 6.07) is 4.20. The third-order valence-electron chi connectivity index (χ3n) is 3.01. The lowest BCUT2D eigenvalue weighted by Gasteiger charge is -2.21. The van der Waals surface area contributed by atoms with Gasteiger partial charge in [-0.25, -0.2) is 0 Å². The van der Waals surface area contributed by atoms with Crippen molar-refractivity contribution in [2.75, 3.05) is 39.2 Å². The van der Waals surface area contributed by atoms with E-state index < -0.39 is 0 Å². The van der Waals surface area contributed by atoms with Gasteiger partial charge in [0.2, 0.25) is 0 Å². The first-order chi connectivity index (χ1) is 8.35. The summed E-state index contributed by atoms with van der Waals surface area (Å²) in [5.74, 6) is 0.923. The minimum atomic E-state index is 0.594. The van der Waals surface area contributed by atoms with E-state index in [0.717, 1.165) is 30.9 Å². The Balaban J connectivity index is 2.17. The van der Waals surface area contributed by atoms with Gasteiger partial charge in [-0.05, 0) is 30.2 Å². The molecule has 1 aliphatic rings. The normalized spacial score (nSPS) is 14.2. The molecule has 1 aromatic carbocycles. The van der Waals surface area contributed by atoms with Crippen molar-refractivity contribution in [2.45, 2.75) is 13.0 Å². The Morgan fingerprint density at radius 1 is 1.35 bits per heavy atom. The van der Waals surface area contributed by atoms with Crippen molar-refractivity contribution in [3.8, 4) is 5.75 Å². The monoisotopic (exact) mass is 236 g/mol. The van der Waals surface area contributed by atoms with Crippen LogP contribution >= 0.6 is 0 Å². The molecule has 1 aromatic rings. The van der Waals surface area contributed by atoms with Gasteiger partial charge in [-0.3, -0.25) is 0 Å². The van der Waals surface area contributed by atoms with E-state index in [0.29, 0.717) is 13.2 Å². The molecule has 4 nitrogen and oxygen atoms in total. The van der Waals surface area contributed by atoms with Crippen LogP contribution in [-0.4, -0.2) is 33.9 Å². The summed E-state index contributed by atoms with van der Waals surface area (Å²) < 4.78 is 10.7. The van der Waals surface area contributed by atoms with Crippen LogP contribution in [-0.2, 0) is 17.7 Å². The number of hydrogen-bond acceptors (Lipinski definition) is 4. The van der Waals surface area contributed by atoms with E-state index in [2.05, 4.69) is 22.8 Å². The zero-order valence-corrected chi connectivity index (χ0v) is 10.5. The summed E-state index contributed by atoms with van der Waals surface area (Å²) >= 11 is 0. The van der Waals surface area contributed by atoms with Crippen LogP contribution in [0, 0.1) is 0 Å². The molecule has 2 N–H and O–H groups in total. The first kappa shape index (κ1) is 12.2. The molecule has 1 heterocycles. The van der Waals surface area contributed by atoms with Crippen molar-refractivity contribution in [1.82, 2.24) is 5.32 Å². The highest BCUT2D eigenvalue weighted by atomic mass is 16.5. The van der Waals surface area contributed by atoms with Crippen molar-refractivity contribution in [3.05, 3.63) is 23.3 Å². The quantitative estimate of drug-likeness (QED) is 0.758. The van der Waals surface area contributed by atoms with Gasteiger partial charge in [-0.1, -0.05) is 0 Å². The first-order valence-corrected chi connectivity index (χ1v) is 6.01. The van der Waals surface area contributed by atoms with Crippen molar-refractivity contribution < 1.29 is 9.47 Å². The Kier molecular flexibility index (Phi) is 4.23. The molecule has 4 heteroatoms. The SMILES string of the molecule is CNc1cc(OCCOC)cc2c1CNCC2. The van der Waals surface area contributed by atoms with Crippen LogP contribution in [0.1, 0.15) is 11.1 Å². The van der Waals surface area contributed by atoms with Gasteiger partial charge in [0.25, 0.3) is 0 Å².